The molecule has 1 unspecified atom stereocenters. The molecule has 3 nitrogen and oxygen atoms in total. The normalized spacial score (nSPS) is 11.5. The summed E-state index contributed by atoms with van der Waals surface area (Å²) in [6.07, 6.45) is 0.203. The van der Waals surface area contributed by atoms with Crippen LogP contribution < -0.4 is 9.47 Å². The van der Waals surface area contributed by atoms with Gasteiger partial charge in [-0.15, -0.1) is 6.42 Å². The van der Waals surface area contributed by atoms with Crippen LogP contribution in [0.5, 0.6) is 11.5 Å². The summed E-state index contributed by atoms with van der Waals surface area (Å²) >= 11 is 0. The number of aliphatic hydroxyl groups is 1. The van der Waals surface area contributed by atoms with Crippen LogP contribution in [-0.2, 0) is 27.5 Å². The van der Waals surface area contributed by atoms with E-state index in [-0.39, 0.29) is 27.7 Å². The van der Waals surface area contributed by atoms with Crippen LogP contribution in [0.25, 0.3) is 0 Å². The molecule has 2 aromatic rings. The first-order valence-electron chi connectivity index (χ1n) is 7.69. The number of alkyl halides is 1. The number of rotatable bonds is 9. The Kier molecular flexibility index (Phi) is 9.66. The van der Waals surface area contributed by atoms with Gasteiger partial charge in [0, 0.05) is 21.1 Å². The number of benzene rings is 2. The third-order valence-corrected chi connectivity index (χ3v) is 3.30. The molecule has 0 saturated heterocycles. The summed E-state index contributed by atoms with van der Waals surface area (Å²) in [6.45, 7) is 3.71. The standard InChI is InChI=1S/C19H22FO3.W/c1-2-11-22-18-7-3-15(4-8-18)12-16-5-9-19(10-6-16)23-14-17(20)13-21;/h3-10,17,21H,1-2,11-14H2;/q-1;. The molecule has 2 rings (SSSR count). The molecule has 0 spiro atoms. The maximum Gasteiger partial charge on any atom is 0.157 e. The van der Waals surface area contributed by atoms with Gasteiger partial charge in [-0.25, -0.2) is 4.39 Å². The Morgan fingerprint density at radius 3 is 1.88 bits per heavy atom. The molecule has 0 heterocycles. The summed E-state index contributed by atoms with van der Waals surface area (Å²) in [5.41, 5.74) is 2.33. The van der Waals surface area contributed by atoms with Crippen LogP contribution in [0.2, 0.25) is 0 Å². The second-order valence-corrected chi connectivity index (χ2v) is 5.26. The molecule has 0 amide bonds. The zero-order valence-corrected chi connectivity index (χ0v) is 16.4. The molecule has 2 aromatic carbocycles. The molecule has 0 aliphatic carbocycles. The molecule has 24 heavy (non-hydrogen) atoms. The average molecular weight is 501 g/mol. The van der Waals surface area contributed by atoms with Crippen LogP contribution in [-0.4, -0.2) is 31.1 Å². The topological polar surface area (TPSA) is 38.7 Å². The molecule has 0 aliphatic rings. The van der Waals surface area contributed by atoms with E-state index >= 15 is 0 Å². The predicted octanol–water partition coefficient (Wildman–Crippen LogP) is 3.59. The summed E-state index contributed by atoms with van der Waals surface area (Å²) < 4.78 is 23.7. The molecule has 0 radical (unpaired) electrons. The summed E-state index contributed by atoms with van der Waals surface area (Å²) in [5.74, 6) is 1.45. The third-order valence-electron chi connectivity index (χ3n) is 3.30. The van der Waals surface area contributed by atoms with Gasteiger partial charge in [0.05, 0.1) is 13.2 Å². The van der Waals surface area contributed by atoms with Crippen LogP contribution in [0.15, 0.2) is 48.5 Å². The van der Waals surface area contributed by atoms with Crippen molar-refractivity contribution in [1.82, 2.24) is 0 Å². The Bertz CT molecular complexity index is 572. The van der Waals surface area contributed by atoms with E-state index in [1.807, 2.05) is 48.5 Å². The monoisotopic (exact) mass is 501 g/mol. The van der Waals surface area contributed by atoms with Crippen molar-refractivity contribution < 1.29 is 40.0 Å². The summed E-state index contributed by atoms with van der Waals surface area (Å²) in [6, 6.07) is 15.5. The second-order valence-electron chi connectivity index (χ2n) is 5.26. The smallest absolute Gasteiger partial charge is 0.157 e. The van der Waals surface area contributed by atoms with E-state index in [0.717, 1.165) is 24.2 Å². The van der Waals surface area contributed by atoms with Gasteiger partial charge in [0.15, 0.2) is 6.17 Å². The van der Waals surface area contributed by atoms with Crippen molar-refractivity contribution in [2.45, 2.75) is 19.0 Å². The average Bonchev–Trinajstić information content (AvgIpc) is 2.60. The minimum atomic E-state index is -1.35. The summed E-state index contributed by atoms with van der Waals surface area (Å²) in [5, 5.41) is 8.62. The van der Waals surface area contributed by atoms with E-state index in [4.69, 9.17) is 14.6 Å². The Morgan fingerprint density at radius 2 is 1.42 bits per heavy atom. The number of hydrogen-bond donors (Lipinski definition) is 1. The molecule has 5 heteroatoms. The van der Waals surface area contributed by atoms with Gasteiger partial charge >= 0.3 is 0 Å². The zero-order chi connectivity index (χ0) is 16.5. The molecule has 0 saturated carbocycles. The maximum atomic E-state index is 12.9. The van der Waals surface area contributed by atoms with Crippen LogP contribution >= 0.6 is 0 Å². The van der Waals surface area contributed by atoms with Crippen molar-refractivity contribution in [1.29, 1.82) is 0 Å². The molecule has 130 valence electrons. The van der Waals surface area contributed by atoms with Crippen molar-refractivity contribution in [2.75, 3.05) is 19.8 Å². The molecule has 0 aromatic heterocycles. The van der Waals surface area contributed by atoms with Gasteiger partial charge in [-0.1, -0.05) is 24.3 Å². The van der Waals surface area contributed by atoms with Crippen molar-refractivity contribution >= 4 is 0 Å². The van der Waals surface area contributed by atoms with Gasteiger partial charge in [-0.3, -0.25) is 0 Å². The Morgan fingerprint density at radius 1 is 0.917 bits per heavy atom. The minimum absolute atomic E-state index is 0. The fraction of sp³-hybridized carbons (Fsp3) is 0.316. The quantitative estimate of drug-likeness (QED) is 0.535. The number of hydrogen-bond acceptors (Lipinski definition) is 3. The van der Waals surface area contributed by atoms with E-state index in [1.54, 1.807) is 0 Å². The number of halogens is 1. The van der Waals surface area contributed by atoms with Crippen LogP contribution in [0.1, 0.15) is 17.5 Å². The fourth-order valence-corrected chi connectivity index (χ4v) is 2.07. The molecule has 1 atom stereocenters. The van der Waals surface area contributed by atoms with E-state index < -0.39 is 12.8 Å². The van der Waals surface area contributed by atoms with Gasteiger partial charge in [0.1, 0.15) is 18.1 Å². The first-order chi connectivity index (χ1) is 11.2. The molecule has 0 fully saturated rings. The Labute approximate surface area is 157 Å². The second kappa shape index (κ2) is 11.2. The molecule has 0 aliphatic heterocycles. The Balaban J connectivity index is 0.00000288. The number of ether oxygens (including phenoxy) is 2. The van der Waals surface area contributed by atoms with Gasteiger partial charge in [0.25, 0.3) is 0 Å². The molecule has 0 bridgehead atoms. The number of aliphatic hydroxyl groups excluding tert-OH is 1. The maximum absolute atomic E-state index is 12.9. The fourth-order valence-electron chi connectivity index (χ4n) is 2.07. The largest absolute Gasteiger partial charge is 0.496 e. The minimum Gasteiger partial charge on any atom is -0.496 e. The van der Waals surface area contributed by atoms with Crippen molar-refractivity contribution in [3.63, 3.8) is 0 Å². The van der Waals surface area contributed by atoms with Gasteiger partial charge < -0.3 is 21.5 Å². The SMILES string of the molecule is [CH2-]CCOc1ccc(Cc2ccc(OCC(F)CO)cc2)cc1.[W]. The Hall–Kier alpha value is -1.38. The van der Waals surface area contributed by atoms with Gasteiger partial charge in [-0.2, -0.15) is 0 Å². The van der Waals surface area contributed by atoms with E-state index in [2.05, 4.69) is 6.92 Å². The molecular weight excluding hydrogens is 479 g/mol. The van der Waals surface area contributed by atoms with Gasteiger partial charge in [0.2, 0.25) is 0 Å². The van der Waals surface area contributed by atoms with E-state index in [0.29, 0.717) is 12.4 Å². The molecule has 1 N–H and O–H groups in total. The zero-order valence-electron chi connectivity index (χ0n) is 13.5. The van der Waals surface area contributed by atoms with Crippen LogP contribution in [0.4, 0.5) is 4.39 Å². The van der Waals surface area contributed by atoms with Crippen molar-refractivity contribution in [2.24, 2.45) is 0 Å². The first kappa shape index (κ1) is 20.7. The van der Waals surface area contributed by atoms with Crippen molar-refractivity contribution in [3.05, 3.63) is 66.6 Å². The molecular formula is C19H22FO3W-. The summed E-state index contributed by atoms with van der Waals surface area (Å²) in [7, 11) is 0. The van der Waals surface area contributed by atoms with E-state index in [1.165, 1.54) is 5.56 Å². The van der Waals surface area contributed by atoms with E-state index in [9.17, 15) is 4.39 Å². The summed E-state index contributed by atoms with van der Waals surface area (Å²) in [4.78, 5) is 0. The van der Waals surface area contributed by atoms with Crippen molar-refractivity contribution in [3.8, 4) is 11.5 Å². The van der Waals surface area contributed by atoms with Gasteiger partial charge in [-0.05, 0) is 41.8 Å². The third kappa shape index (κ3) is 7.02. The predicted molar refractivity (Wildman–Crippen MR) is 88.6 cm³/mol. The first-order valence-corrected chi connectivity index (χ1v) is 7.69. The van der Waals surface area contributed by atoms with Crippen LogP contribution in [0, 0.1) is 6.92 Å². The van der Waals surface area contributed by atoms with Crippen LogP contribution in [0.3, 0.4) is 0 Å².